The number of carbonyl (C=O) groups excluding carboxylic acids is 1. The Morgan fingerprint density at radius 2 is 2.07 bits per heavy atom. The average molecular weight is 193 g/mol. The van der Waals surface area contributed by atoms with Gasteiger partial charge in [0.1, 0.15) is 0 Å². The minimum absolute atomic E-state index is 0.0710. The van der Waals surface area contributed by atoms with Crippen LogP contribution in [0.5, 0.6) is 0 Å². The number of methoxy groups -OCH3 is 1. The van der Waals surface area contributed by atoms with Crippen molar-refractivity contribution in [2.75, 3.05) is 7.11 Å². The highest BCUT2D eigenvalue weighted by Crippen LogP contribution is 2.15. The zero-order valence-electron chi connectivity index (χ0n) is 8.70. The largest absolute Gasteiger partial charge is 0.465 e. The third-order valence-corrected chi connectivity index (χ3v) is 2.05. The molecule has 0 amide bonds. The fourth-order valence-electron chi connectivity index (χ4n) is 1.31. The van der Waals surface area contributed by atoms with Gasteiger partial charge in [0.25, 0.3) is 0 Å². The highest BCUT2D eigenvalue weighted by Gasteiger charge is 2.08. The Hall–Kier alpha value is -1.35. The first-order valence-corrected chi connectivity index (χ1v) is 4.50. The Morgan fingerprint density at radius 1 is 1.43 bits per heavy atom. The molecule has 1 aromatic rings. The maximum atomic E-state index is 11.3. The second-order valence-electron chi connectivity index (χ2n) is 3.41. The van der Waals surface area contributed by atoms with E-state index in [1.165, 1.54) is 7.11 Å². The lowest BCUT2D eigenvalue weighted by molar-refractivity contribution is 0.0600. The van der Waals surface area contributed by atoms with Gasteiger partial charge >= 0.3 is 5.97 Å². The maximum Gasteiger partial charge on any atom is 0.337 e. The van der Waals surface area contributed by atoms with Crippen molar-refractivity contribution in [3.63, 3.8) is 0 Å². The molecule has 0 aliphatic rings. The lowest BCUT2D eigenvalue weighted by Gasteiger charge is -2.08. The molecule has 0 unspecified atom stereocenters. The quantitative estimate of drug-likeness (QED) is 0.729. The molecule has 1 aromatic carbocycles. The summed E-state index contributed by atoms with van der Waals surface area (Å²) in [5, 5.41) is 0. The summed E-state index contributed by atoms with van der Waals surface area (Å²) in [5.41, 5.74) is 8.26. The van der Waals surface area contributed by atoms with Crippen LogP contribution in [0.3, 0.4) is 0 Å². The molecular weight excluding hydrogens is 178 g/mol. The van der Waals surface area contributed by atoms with E-state index in [-0.39, 0.29) is 12.0 Å². The van der Waals surface area contributed by atoms with Crippen molar-refractivity contribution in [2.45, 2.75) is 19.9 Å². The van der Waals surface area contributed by atoms with Crippen LogP contribution in [0.2, 0.25) is 0 Å². The van der Waals surface area contributed by atoms with Crippen LogP contribution in [-0.2, 0) is 4.74 Å². The van der Waals surface area contributed by atoms with Crippen LogP contribution < -0.4 is 5.73 Å². The summed E-state index contributed by atoms with van der Waals surface area (Å²) < 4.78 is 4.65. The van der Waals surface area contributed by atoms with Gasteiger partial charge in [-0.25, -0.2) is 4.79 Å². The Labute approximate surface area is 83.9 Å². The third-order valence-electron chi connectivity index (χ3n) is 2.05. The van der Waals surface area contributed by atoms with Crippen molar-refractivity contribution in [2.24, 2.45) is 5.73 Å². The molecule has 0 aliphatic carbocycles. The van der Waals surface area contributed by atoms with E-state index >= 15 is 0 Å². The first kappa shape index (κ1) is 10.7. The van der Waals surface area contributed by atoms with E-state index in [9.17, 15) is 4.79 Å². The Bertz CT molecular complexity index is 345. The molecule has 0 aromatic heterocycles. The molecule has 2 N–H and O–H groups in total. The third kappa shape index (κ3) is 2.33. The molecule has 0 saturated heterocycles. The van der Waals surface area contributed by atoms with Gasteiger partial charge in [0, 0.05) is 6.04 Å². The van der Waals surface area contributed by atoms with Gasteiger partial charge in [-0.1, -0.05) is 6.07 Å². The normalized spacial score (nSPS) is 12.3. The van der Waals surface area contributed by atoms with Crippen molar-refractivity contribution < 1.29 is 9.53 Å². The summed E-state index contributed by atoms with van der Waals surface area (Å²) in [5.74, 6) is -0.324. The van der Waals surface area contributed by atoms with Crippen LogP contribution in [0.15, 0.2) is 18.2 Å². The second kappa shape index (κ2) is 4.24. The number of hydrogen-bond acceptors (Lipinski definition) is 3. The summed E-state index contributed by atoms with van der Waals surface area (Å²) in [6.07, 6.45) is 0. The monoisotopic (exact) mass is 193 g/mol. The van der Waals surface area contributed by atoms with Gasteiger partial charge in [-0.2, -0.15) is 0 Å². The molecule has 0 saturated carbocycles. The number of aryl methyl sites for hydroxylation is 1. The fraction of sp³-hybridized carbons (Fsp3) is 0.364. The van der Waals surface area contributed by atoms with E-state index in [1.807, 2.05) is 19.9 Å². The molecule has 14 heavy (non-hydrogen) atoms. The van der Waals surface area contributed by atoms with Crippen molar-refractivity contribution in [1.82, 2.24) is 0 Å². The molecule has 1 atom stereocenters. The average Bonchev–Trinajstić information content (AvgIpc) is 2.15. The summed E-state index contributed by atoms with van der Waals surface area (Å²) in [6, 6.07) is 5.46. The Kier molecular flexibility index (Phi) is 3.25. The molecule has 0 aliphatic heterocycles. The van der Waals surface area contributed by atoms with Crippen LogP contribution in [0, 0.1) is 6.92 Å². The van der Waals surface area contributed by atoms with Crippen molar-refractivity contribution in [3.8, 4) is 0 Å². The standard InChI is InChI=1S/C11H15NO2/c1-7-4-9(8(2)12)6-10(5-7)11(13)14-3/h4-6,8H,12H2,1-3H3/t8-/m1/s1. The van der Waals surface area contributed by atoms with Crippen molar-refractivity contribution in [3.05, 3.63) is 34.9 Å². The molecule has 0 radical (unpaired) electrons. The lowest BCUT2D eigenvalue weighted by Crippen LogP contribution is -2.08. The van der Waals surface area contributed by atoms with E-state index in [0.29, 0.717) is 5.56 Å². The zero-order valence-corrected chi connectivity index (χ0v) is 8.70. The van der Waals surface area contributed by atoms with Crippen LogP contribution in [0.1, 0.15) is 34.5 Å². The summed E-state index contributed by atoms with van der Waals surface area (Å²) in [6.45, 7) is 3.81. The molecule has 76 valence electrons. The SMILES string of the molecule is COC(=O)c1cc(C)cc([C@@H](C)N)c1. The molecule has 3 nitrogen and oxygen atoms in total. The van der Waals surface area contributed by atoms with Crippen LogP contribution in [0.4, 0.5) is 0 Å². The van der Waals surface area contributed by atoms with E-state index in [1.54, 1.807) is 12.1 Å². The highest BCUT2D eigenvalue weighted by atomic mass is 16.5. The number of rotatable bonds is 2. The predicted octanol–water partition coefficient (Wildman–Crippen LogP) is 1.80. The molecular formula is C11H15NO2. The highest BCUT2D eigenvalue weighted by molar-refractivity contribution is 5.89. The lowest BCUT2D eigenvalue weighted by atomic mass is 10.0. The van der Waals surface area contributed by atoms with Gasteiger partial charge in [0.2, 0.25) is 0 Å². The van der Waals surface area contributed by atoms with E-state index in [4.69, 9.17) is 5.73 Å². The molecule has 0 heterocycles. The summed E-state index contributed by atoms with van der Waals surface area (Å²) in [7, 11) is 1.37. The Morgan fingerprint density at radius 3 is 2.57 bits per heavy atom. The van der Waals surface area contributed by atoms with E-state index in [2.05, 4.69) is 4.74 Å². The number of benzene rings is 1. The number of esters is 1. The van der Waals surface area contributed by atoms with E-state index < -0.39 is 0 Å². The Balaban J connectivity index is 3.13. The molecule has 0 spiro atoms. The topological polar surface area (TPSA) is 52.3 Å². The van der Waals surface area contributed by atoms with Gasteiger partial charge in [0.05, 0.1) is 12.7 Å². The first-order chi connectivity index (χ1) is 6.54. The molecule has 0 fully saturated rings. The smallest absolute Gasteiger partial charge is 0.337 e. The fourth-order valence-corrected chi connectivity index (χ4v) is 1.31. The number of ether oxygens (including phenoxy) is 1. The van der Waals surface area contributed by atoms with Gasteiger partial charge < -0.3 is 10.5 Å². The molecule has 3 heteroatoms. The summed E-state index contributed by atoms with van der Waals surface area (Å²) >= 11 is 0. The van der Waals surface area contributed by atoms with Crippen molar-refractivity contribution >= 4 is 5.97 Å². The van der Waals surface area contributed by atoms with Crippen molar-refractivity contribution in [1.29, 1.82) is 0 Å². The van der Waals surface area contributed by atoms with Gasteiger partial charge in [-0.3, -0.25) is 0 Å². The predicted molar refractivity (Wildman–Crippen MR) is 55.1 cm³/mol. The van der Waals surface area contributed by atoms with Gasteiger partial charge in [0.15, 0.2) is 0 Å². The summed E-state index contributed by atoms with van der Waals surface area (Å²) in [4.78, 5) is 11.3. The molecule has 0 bridgehead atoms. The number of carbonyl (C=O) groups is 1. The minimum Gasteiger partial charge on any atom is -0.465 e. The van der Waals surface area contributed by atoms with Gasteiger partial charge in [-0.05, 0) is 37.1 Å². The maximum absolute atomic E-state index is 11.3. The van der Waals surface area contributed by atoms with Crippen LogP contribution >= 0.6 is 0 Å². The number of hydrogen-bond donors (Lipinski definition) is 1. The minimum atomic E-state index is -0.324. The van der Waals surface area contributed by atoms with Gasteiger partial charge in [-0.15, -0.1) is 0 Å². The number of nitrogens with two attached hydrogens (primary N) is 1. The van der Waals surface area contributed by atoms with Crippen LogP contribution in [0.25, 0.3) is 0 Å². The second-order valence-corrected chi connectivity index (χ2v) is 3.41. The van der Waals surface area contributed by atoms with E-state index in [0.717, 1.165) is 11.1 Å². The zero-order chi connectivity index (χ0) is 10.7. The molecule has 1 rings (SSSR count). The van der Waals surface area contributed by atoms with Crippen LogP contribution in [-0.4, -0.2) is 13.1 Å². The first-order valence-electron chi connectivity index (χ1n) is 4.50.